The summed E-state index contributed by atoms with van der Waals surface area (Å²) in [5, 5.41) is 0. The summed E-state index contributed by atoms with van der Waals surface area (Å²) in [4.78, 5) is 0. The number of ether oxygens (including phenoxy) is 1. The minimum absolute atomic E-state index is 0.139. The first-order valence-electron chi connectivity index (χ1n) is 1.14. The Hall–Kier alpha value is 0.240. The highest BCUT2D eigenvalue weighted by atomic mass is 32.2. The second-order valence-corrected chi connectivity index (χ2v) is 0.970. The van der Waals surface area contributed by atoms with Crippen LogP contribution in [0.25, 0.3) is 0 Å². The fourth-order valence-corrected chi connectivity index (χ4v) is 0.134. The quantitative estimate of drug-likeness (QED) is 0.478. The Bertz CT molecular complexity index is 17.1. The van der Waals surface area contributed by atoms with Crippen LogP contribution in [0.4, 0.5) is 3.89 Å². The van der Waals surface area contributed by atoms with E-state index in [9.17, 15) is 3.89 Å². The normalized spacial score (nSPS) is 8.40. The van der Waals surface area contributed by atoms with E-state index in [0.29, 0.717) is 0 Å². The van der Waals surface area contributed by atoms with Crippen molar-refractivity contribution in [3.63, 3.8) is 0 Å². The highest BCUT2D eigenvalue weighted by Crippen LogP contribution is 1.96. The molecule has 0 unspecified atom stereocenters. The Morgan fingerprint density at radius 3 is 2.60 bits per heavy atom. The van der Waals surface area contributed by atoms with Crippen LogP contribution in [0.15, 0.2) is 0 Å². The Kier molecular flexibility index (Phi) is 4.44. The number of rotatable bonds is 2. The topological polar surface area (TPSA) is 9.23 Å². The van der Waals surface area contributed by atoms with Crippen LogP contribution in [0.5, 0.6) is 0 Å². The predicted octanol–water partition coefficient (Wildman–Crippen LogP) is 1.21. The van der Waals surface area contributed by atoms with Gasteiger partial charge in [0.25, 0.3) is 0 Å². The molecule has 0 amide bonds. The van der Waals surface area contributed by atoms with Crippen LogP contribution in [-0.2, 0) is 4.74 Å². The van der Waals surface area contributed by atoms with Gasteiger partial charge in [-0.05, 0) is 0 Å². The Morgan fingerprint density at radius 2 is 2.60 bits per heavy atom. The van der Waals surface area contributed by atoms with Gasteiger partial charge in [-0.2, -0.15) is 3.89 Å². The second kappa shape index (κ2) is 4.24. The average molecular weight is 96.1 g/mol. The Balaban J connectivity index is 2.19. The van der Waals surface area contributed by atoms with Crippen LogP contribution < -0.4 is 0 Å². The van der Waals surface area contributed by atoms with E-state index in [2.05, 4.69) is 4.74 Å². The van der Waals surface area contributed by atoms with Gasteiger partial charge in [0.05, 0.1) is 12.1 Å². The van der Waals surface area contributed by atoms with Crippen molar-refractivity contribution in [3.05, 3.63) is 0 Å². The lowest BCUT2D eigenvalue weighted by atomic mass is 11.5. The van der Waals surface area contributed by atoms with Gasteiger partial charge in [-0.3, -0.25) is 0 Å². The first-order chi connectivity index (χ1) is 2.41. The number of hydrogen-bond donors (Lipinski definition) is 0. The van der Waals surface area contributed by atoms with Gasteiger partial charge in [0.15, 0.2) is 0 Å². The van der Waals surface area contributed by atoms with E-state index >= 15 is 0 Å². The molecule has 3 heteroatoms. The highest BCUT2D eigenvalue weighted by Gasteiger charge is 1.71. The van der Waals surface area contributed by atoms with Gasteiger partial charge in [-0.1, -0.05) is 0 Å². The lowest BCUT2D eigenvalue weighted by molar-refractivity contribution is 0.256. The van der Waals surface area contributed by atoms with Crippen molar-refractivity contribution in [1.82, 2.24) is 0 Å². The molecule has 0 heterocycles. The van der Waals surface area contributed by atoms with Gasteiger partial charge >= 0.3 is 0 Å². The standard InChI is InChI=1S/C2H5FOS/c1-4-2-5-3/h2H2,1H3. The van der Waals surface area contributed by atoms with E-state index in [1.807, 2.05) is 0 Å². The molecular formula is C2H5FOS. The van der Waals surface area contributed by atoms with E-state index in [4.69, 9.17) is 0 Å². The molecule has 0 aromatic carbocycles. The van der Waals surface area contributed by atoms with Crippen LogP contribution in [0.3, 0.4) is 0 Å². The van der Waals surface area contributed by atoms with E-state index in [1.54, 1.807) is 0 Å². The van der Waals surface area contributed by atoms with Gasteiger partial charge < -0.3 is 4.74 Å². The van der Waals surface area contributed by atoms with E-state index in [1.165, 1.54) is 7.11 Å². The van der Waals surface area contributed by atoms with Crippen LogP contribution >= 0.6 is 12.1 Å². The summed E-state index contributed by atoms with van der Waals surface area (Å²) in [5.74, 6) is 0.139. The van der Waals surface area contributed by atoms with Crippen molar-refractivity contribution in [2.24, 2.45) is 0 Å². The molecule has 0 aliphatic heterocycles. The third-order valence-corrected chi connectivity index (χ3v) is 0.487. The van der Waals surface area contributed by atoms with Crippen molar-refractivity contribution >= 4 is 12.1 Å². The van der Waals surface area contributed by atoms with Crippen LogP contribution in [-0.4, -0.2) is 13.0 Å². The average Bonchev–Trinajstić information content (AvgIpc) is 1.41. The van der Waals surface area contributed by atoms with Crippen LogP contribution in [0, 0.1) is 0 Å². The third kappa shape index (κ3) is 4.24. The van der Waals surface area contributed by atoms with Crippen molar-refractivity contribution in [1.29, 1.82) is 0 Å². The summed E-state index contributed by atoms with van der Waals surface area (Å²) in [6, 6.07) is 0. The SMILES string of the molecule is COCSF. The molecule has 0 saturated heterocycles. The highest BCUT2D eigenvalue weighted by molar-refractivity contribution is 7.94. The van der Waals surface area contributed by atoms with Crippen molar-refractivity contribution in [2.75, 3.05) is 13.0 Å². The summed E-state index contributed by atoms with van der Waals surface area (Å²) in [5.41, 5.74) is 0. The Morgan fingerprint density at radius 1 is 2.00 bits per heavy atom. The molecule has 0 fully saturated rings. The van der Waals surface area contributed by atoms with Gasteiger partial charge in [0.2, 0.25) is 0 Å². The zero-order valence-corrected chi connectivity index (χ0v) is 3.72. The summed E-state index contributed by atoms with van der Waals surface area (Å²) >= 11 is 0.179. The molecular weight excluding hydrogens is 91.1 g/mol. The molecule has 0 aliphatic carbocycles. The second-order valence-electron chi connectivity index (χ2n) is 0.516. The molecule has 0 bridgehead atoms. The lowest BCUT2D eigenvalue weighted by Crippen LogP contribution is -1.73. The van der Waals surface area contributed by atoms with Crippen molar-refractivity contribution in [2.45, 2.75) is 0 Å². The van der Waals surface area contributed by atoms with Gasteiger partial charge in [0, 0.05) is 7.11 Å². The molecule has 0 spiro atoms. The molecule has 0 aromatic heterocycles. The van der Waals surface area contributed by atoms with Crippen molar-refractivity contribution < 1.29 is 8.62 Å². The zero-order valence-electron chi connectivity index (χ0n) is 2.90. The van der Waals surface area contributed by atoms with Gasteiger partial charge in [-0.25, -0.2) is 0 Å². The largest absolute Gasteiger partial charge is 0.371 e. The molecule has 32 valence electrons. The van der Waals surface area contributed by atoms with E-state index < -0.39 is 0 Å². The molecule has 0 radical (unpaired) electrons. The fraction of sp³-hybridized carbons (Fsp3) is 1.00. The maximum Gasteiger partial charge on any atom is 0.123 e. The zero-order chi connectivity index (χ0) is 4.12. The first-order valence-corrected chi connectivity index (χ1v) is 2.03. The third-order valence-electron chi connectivity index (χ3n) is 0.162. The fourth-order valence-electron chi connectivity index (χ4n) is 0.0445. The van der Waals surface area contributed by atoms with Gasteiger partial charge in [0.1, 0.15) is 5.94 Å². The summed E-state index contributed by atoms with van der Waals surface area (Å²) in [6.45, 7) is 0. The smallest absolute Gasteiger partial charge is 0.123 e. The molecule has 0 atom stereocenters. The molecule has 0 rings (SSSR count). The molecule has 5 heavy (non-hydrogen) atoms. The molecule has 0 saturated carbocycles. The summed E-state index contributed by atoms with van der Waals surface area (Å²) < 4.78 is 15.1. The Labute approximate surface area is 34.8 Å². The van der Waals surface area contributed by atoms with E-state index in [0.717, 1.165) is 0 Å². The monoisotopic (exact) mass is 96.0 g/mol. The summed E-state index contributed by atoms with van der Waals surface area (Å²) in [6.07, 6.45) is 0. The van der Waals surface area contributed by atoms with E-state index in [-0.39, 0.29) is 18.1 Å². The van der Waals surface area contributed by atoms with Crippen molar-refractivity contribution in [3.8, 4) is 0 Å². The lowest BCUT2D eigenvalue weighted by Gasteiger charge is -1.80. The summed E-state index contributed by atoms with van der Waals surface area (Å²) in [7, 11) is 1.45. The van der Waals surface area contributed by atoms with Crippen LogP contribution in [0.1, 0.15) is 0 Å². The maximum atomic E-state index is 10.8. The predicted molar refractivity (Wildman–Crippen MR) is 20.6 cm³/mol. The molecule has 0 aliphatic rings. The number of methoxy groups -OCH3 is 1. The number of hydrogen-bond acceptors (Lipinski definition) is 2. The van der Waals surface area contributed by atoms with Gasteiger partial charge in [-0.15, -0.1) is 0 Å². The molecule has 1 nitrogen and oxygen atoms in total. The molecule has 0 N–H and O–H groups in total. The first kappa shape index (κ1) is 5.24. The number of halogens is 1. The maximum absolute atomic E-state index is 10.8. The minimum Gasteiger partial charge on any atom is -0.371 e. The molecule has 0 aromatic rings. The minimum atomic E-state index is 0.139. The van der Waals surface area contributed by atoms with Crippen LogP contribution in [0.2, 0.25) is 0 Å².